The van der Waals surface area contributed by atoms with Crippen molar-refractivity contribution in [3.8, 4) is 0 Å². The molecule has 116 valence electrons. The Morgan fingerprint density at radius 1 is 1.14 bits per heavy atom. The summed E-state index contributed by atoms with van der Waals surface area (Å²) in [5.41, 5.74) is 2.48. The number of benzene rings is 1. The van der Waals surface area contributed by atoms with E-state index in [1.54, 1.807) is 0 Å². The first-order valence-electron chi connectivity index (χ1n) is 8.12. The Hall–Kier alpha value is -1.31. The molecule has 1 atom stereocenters. The molecule has 0 N–H and O–H groups in total. The molecule has 2 nitrogen and oxygen atoms in total. The molecular weight excluding hydrogens is 260 g/mol. The van der Waals surface area contributed by atoms with Crippen molar-refractivity contribution in [3.05, 3.63) is 35.4 Å². The fourth-order valence-electron chi connectivity index (χ4n) is 3.62. The lowest BCUT2D eigenvalue weighted by atomic mass is 9.72. The molecule has 2 rings (SSSR count). The molecule has 1 aromatic rings. The van der Waals surface area contributed by atoms with Gasteiger partial charge in [-0.2, -0.15) is 0 Å². The Morgan fingerprint density at radius 2 is 1.76 bits per heavy atom. The van der Waals surface area contributed by atoms with E-state index in [0.717, 1.165) is 12.8 Å². The lowest BCUT2D eigenvalue weighted by Crippen LogP contribution is -2.28. The van der Waals surface area contributed by atoms with Crippen molar-refractivity contribution in [2.45, 2.75) is 64.2 Å². The van der Waals surface area contributed by atoms with Gasteiger partial charge in [-0.25, -0.2) is 0 Å². The summed E-state index contributed by atoms with van der Waals surface area (Å²) >= 11 is 0. The molecule has 0 saturated heterocycles. The molecule has 1 fully saturated rings. The van der Waals surface area contributed by atoms with Gasteiger partial charge in [0.25, 0.3) is 0 Å². The zero-order valence-corrected chi connectivity index (χ0v) is 13.8. The molecule has 0 heterocycles. The maximum Gasteiger partial charge on any atom is 0.313 e. The summed E-state index contributed by atoms with van der Waals surface area (Å²) in [5, 5.41) is 0. The minimum Gasteiger partial charge on any atom is -0.469 e. The van der Waals surface area contributed by atoms with Crippen molar-refractivity contribution in [2.24, 2.45) is 5.92 Å². The summed E-state index contributed by atoms with van der Waals surface area (Å²) in [6.45, 7) is 6.63. The van der Waals surface area contributed by atoms with Gasteiger partial charge in [0.15, 0.2) is 0 Å². The fourth-order valence-corrected chi connectivity index (χ4v) is 3.62. The van der Waals surface area contributed by atoms with Crippen molar-refractivity contribution in [2.75, 3.05) is 7.11 Å². The van der Waals surface area contributed by atoms with E-state index in [2.05, 4.69) is 39.0 Å². The van der Waals surface area contributed by atoms with Crippen LogP contribution < -0.4 is 0 Å². The Labute approximate surface area is 128 Å². The van der Waals surface area contributed by atoms with Crippen molar-refractivity contribution >= 4 is 5.97 Å². The van der Waals surface area contributed by atoms with Crippen molar-refractivity contribution < 1.29 is 9.53 Å². The number of hydrogen-bond donors (Lipinski definition) is 0. The summed E-state index contributed by atoms with van der Waals surface area (Å²) in [5.74, 6) is 0.249. The van der Waals surface area contributed by atoms with E-state index in [4.69, 9.17) is 4.74 Å². The quantitative estimate of drug-likeness (QED) is 0.745. The lowest BCUT2D eigenvalue weighted by Gasteiger charge is -2.32. The lowest BCUT2D eigenvalue weighted by molar-refractivity contribution is -0.144. The molecule has 2 heteroatoms. The van der Waals surface area contributed by atoms with Gasteiger partial charge >= 0.3 is 5.97 Å². The van der Waals surface area contributed by atoms with Crippen LogP contribution in [-0.2, 0) is 14.9 Å². The highest BCUT2D eigenvalue weighted by Crippen LogP contribution is 2.40. The molecule has 0 amide bonds. The van der Waals surface area contributed by atoms with E-state index in [9.17, 15) is 4.79 Å². The highest BCUT2D eigenvalue weighted by atomic mass is 16.5. The van der Waals surface area contributed by atoms with Gasteiger partial charge < -0.3 is 4.74 Å². The van der Waals surface area contributed by atoms with Crippen LogP contribution in [0.5, 0.6) is 0 Å². The number of rotatable bonds is 3. The minimum absolute atomic E-state index is 0.0392. The Morgan fingerprint density at radius 3 is 2.33 bits per heavy atom. The topological polar surface area (TPSA) is 26.3 Å². The molecule has 21 heavy (non-hydrogen) atoms. The van der Waals surface area contributed by atoms with E-state index in [1.165, 1.54) is 37.5 Å². The van der Waals surface area contributed by atoms with Crippen LogP contribution in [0.15, 0.2) is 24.3 Å². The van der Waals surface area contributed by atoms with E-state index in [0.29, 0.717) is 5.92 Å². The minimum atomic E-state index is -0.106. The Balaban J connectivity index is 2.44. The number of esters is 1. The smallest absolute Gasteiger partial charge is 0.313 e. The average Bonchev–Trinajstić information content (AvgIpc) is 2.48. The summed E-state index contributed by atoms with van der Waals surface area (Å²) in [6, 6.07) is 8.40. The molecule has 1 saturated carbocycles. The van der Waals surface area contributed by atoms with Crippen molar-refractivity contribution in [1.82, 2.24) is 0 Å². The standard InChI is InChI=1S/C19H28O2/c1-19(2,3)16-13-9-8-12-15(16)17(18(20)21-4)14-10-6-5-7-11-14/h8-9,12-14,17H,5-7,10-11H2,1-4H3. The van der Waals surface area contributed by atoms with Crippen molar-refractivity contribution in [3.63, 3.8) is 0 Å². The zero-order chi connectivity index (χ0) is 15.5. The Kier molecular flexibility index (Phi) is 5.08. The van der Waals surface area contributed by atoms with Gasteiger partial charge in [0.05, 0.1) is 13.0 Å². The molecule has 1 aliphatic rings. The van der Waals surface area contributed by atoms with Crippen LogP contribution in [0.3, 0.4) is 0 Å². The molecular formula is C19H28O2. The third-order valence-electron chi connectivity index (χ3n) is 4.68. The number of ether oxygens (including phenoxy) is 1. The van der Waals surface area contributed by atoms with Crippen LogP contribution in [0, 0.1) is 5.92 Å². The highest BCUT2D eigenvalue weighted by molar-refractivity contribution is 5.79. The number of carbonyl (C=O) groups excluding carboxylic acids is 1. The van der Waals surface area contributed by atoms with E-state index in [-0.39, 0.29) is 17.3 Å². The second kappa shape index (κ2) is 6.64. The van der Waals surface area contributed by atoms with Crippen LogP contribution in [0.1, 0.15) is 69.9 Å². The zero-order valence-electron chi connectivity index (χ0n) is 13.8. The third-order valence-corrected chi connectivity index (χ3v) is 4.68. The highest BCUT2D eigenvalue weighted by Gasteiger charge is 2.34. The van der Waals surface area contributed by atoms with Gasteiger partial charge in [-0.05, 0) is 35.3 Å². The van der Waals surface area contributed by atoms with Crippen molar-refractivity contribution in [1.29, 1.82) is 0 Å². The molecule has 0 bridgehead atoms. The Bertz CT molecular complexity index is 479. The fraction of sp³-hybridized carbons (Fsp3) is 0.632. The molecule has 0 aliphatic heterocycles. The van der Waals surface area contributed by atoms with Crippen LogP contribution in [0.2, 0.25) is 0 Å². The third kappa shape index (κ3) is 3.66. The molecule has 0 aromatic heterocycles. The number of methoxy groups -OCH3 is 1. The first-order valence-corrected chi connectivity index (χ1v) is 8.12. The summed E-state index contributed by atoms with van der Waals surface area (Å²) in [7, 11) is 1.51. The van der Waals surface area contributed by atoms with Crippen LogP contribution >= 0.6 is 0 Å². The van der Waals surface area contributed by atoms with Gasteiger partial charge in [-0.3, -0.25) is 4.79 Å². The molecule has 1 aliphatic carbocycles. The second-order valence-electron chi connectivity index (χ2n) is 7.24. The van der Waals surface area contributed by atoms with Gasteiger partial charge in [0, 0.05) is 0 Å². The van der Waals surface area contributed by atoms with Gasteiger partial charge in [0.2, 0.25) is 0 Å². The predicted octanol–water partition coefficient (Wildman–Crippen LogP) is 4.82. The molecule has 1 aromatic carbocycles. The van der Waals surface area contributed by atoms with Gasteiger partial charge in [0.1, 0.15) is 0 Å². The summed E-state index contributed by atoms with van der Waals surface area (Å²) in [4.78, 5) is 12.5. The first-order chi connectivity index (χ1) is 9.95. The SMILES string of the molecule is COC(=O)C(c1ccccc1C(C)(C)C)C1CCCCC1. The maximum absolute atomic E-state index is 12.5. The van der Waals surface area contributed by atoms with E-state index in [1.807, 2.05) is 6.07 Å². The molecule has 1 unspecified atom stereocenters. The number of hydrogen-bond acceptors (Lipinski definition) is 2. The number of carbonyl (C=O) groups is 1. The van der Waals surface area contributed by atoms with E-state index < -0.39 is 0 Å². The maximum atomic E-state index is 12.5. The largest absolute Gasteiger partial charge is 0.469 e. The monoisotopic (exact) mass is 288 g/mol. The van der Waals surface area contributed by atoms with Crippen LogP contribution in [0.25, 0.3) is 0 Å². The van der Waals surface area contributed by atoms with E-state index >= 15 is 0 Å². The van der Waals surface area contributed by atoms with Crippen LogP contribution in [0.4, 0.5) is 0 Å². The first kappa shape index (κ1) is 16.1. The second-order valence-corrected chi connectivity index (χ2v) is 7.24. The molecule has 0 radical (unpaired) electrons. The van der Waals surface area contributed by atoms with Crippen LogP contribution in [-0.4, -0.2) is 13.1 Å². The summed E-state index contributed by atoms with van der Waals surface area (Å²) in [6.07, 6.45) is 6.04. The average molecular weight is 288 g/mol. The molecule has 0 spiro atoms. The van der Waals surface area contributed by atoms with Gasteiger partial charge in [-0.15, -0.1) is 0 Å². The summed E-state index contributed by atoms with van der Waals surface area (Å²) < 4.78 is 5.15. The predicted molar refractivity (Wildman–Crippen MR) is 86.5 cm³/mol. The van der Waals surface area contributed by atoms with Gasteiger partial charge in [-0.1, -0.05) is 64.3 Å². The normalized spacial score (nSPS) is 18.3.